The summed E-state index contributed by atoms with van der Waals surface area (Å²) < 4.78 is 13.8. The molecule has 3 rings (SSSR count). The Hall–Kier alpha value is -1.17. The van der Waals surface area contributed by atoms with Crippen LogP contribution in [-0.2, 0) is 6.54 Å². The molecule has 0 saturated carbocycles. The molecule has 3 aromatic rings. The highest BCUT2D eigenvalue weighted by Crippen LogP contribution is 2.30. The van der Waals surface area contributed by atoms with Crippen molar-refractivity contribution in [3.63, 3.8) is 0 Å². The molecule has 0 unspecified atom stereocenters. The number of thiophene rings is 2. The van der Waals surface area contributed by atoms with Crippen LogP contribution in [0.15, 0.2) is 51.6 Å². The van der Waals surface area contributed by atoms with Gasteiger partial charge in [0.05, 0.1) is 0 Å². The molecule has 20 heavy (non-hydrogen) atoms. The number of rotatable bonds is 4. The molecule has 0 amide bonds. The van der Waals surface area contributed by atoms with Gasteiger partial charge in [-0.1, -0.05) is 6.07 Å². The monoisotopic (exact) mass is 367 g/mol. The van der Waals surface area contributed by atoms with Crippen LogP contribution in [0.4, 0.5) is 10.1 Å². The van der Waals surface area contributed by atoms with Crippen molar-refractivity contribution in [2.75, 3.05) is 5.32 Å². The molecule has 5 heteroatoms. The van der Waals surface area contributed by atoms with Gasteiger partial charge in [0.2, 0.25) is 0 Å². The van der Waals surface area contributed by atoms with Crippen LogP contribution in [0.5, 0.6) is 0 Å². The Morgan fingerprint density at radius 2 is 2.05 bits per heavy atom. The summed E-state index contributed by atoms with van der Waals surface area (Å²) in [4.78, 5) is 2.54. The van der Waals surface area contributed by atoms with Crippen LogP contribution in [0.25, 0.3) is 10.4 Å². The van der Waals surface area contributed by atoms with E-state index in [-0.39, 0.29) is 5.82 Å². The molecule has 2 aromatic heterocycles. The van der Waals surface area contributed by atoms with Gasteiger partial charge >= 0.3 is 0 Å². The van der Waals surface area contributed by atoms with E-state index in [1.54, 1.807) is 28.7 Å². The zero-order chi connectivity index (χ0) is 13.9. The van der Waals surface area contributed by atoms with Gasteiger partial charge in [0, 0.05) is 32.0 Å². The quantitative estimate of drug-likeness (QED) is 0.596. The molecule has 0 aliphatic carbocycles. The van der Waals surface area contributed by atoms with E-state index in [9.17, 15) is 4.39 Å². The Morgan fingerprint density at radius 3 is 2.80 bits per heavy atom. The molecule has 1 aromatic carbocycles. The SMILES string of the molecule is Fc1ccc(NCc2cc(-c3cccs3)cs2)c(Br)c1. The standard InChI is InChI=1S/C15H11BrFNS2/c16-13-7-11(17)3-4-14(13)18-8-12-6-10(9-20-12)15-2-1-5-19-15/h1-7,9,18H,8H2. The minimum atomic E-state index is -0.237. The molecule has 2 heterocycles. The molecule has 102 valence electrons. The van der Waals surface area contributed by atoms with Crippen molar-refractivity contribution in [3.05, 3.63) is 62.3 Å². The Labute approximate surface area is 133 Å². The number of halogens is 2. The average Bonchev–Trinajstić information content (AvgIpc) is 3.08. The van der Waals surface area contributed by atoms with Gasteiger partial charge in [0.25, 0.3) is 0 Å². The molecular weight excluding hydrogens is 357 g/mol. The molecule has 0 aliphatic heterocycles. The van der Waals surface area contributed by atoms with Crippen LogP contribution in [0.1, 0.15) is 4.88 Å². The van der Waals surface area contributed by atoms with Crippen molar-refractivity contribution in [2.45, 2.75) is 6.54 Å². The van der Waals surface area contributed by atoms with Crippen molar-refractivity contribution in [3.8, 4) is 10.4 Å². The van der Waals surface area contributed by atoms with E-state index in [0.29, 0.717) is 0 Å². The lowest BCUT2D eigenvalue weighted by atomic mass is 10.2. The zero-order valence-electron chi connectivity index (χ0n) is 10.4. The first-order valence-electron chi connectivity index (χ1n) is 6.02. The molecule has 0 spiro atoms. The summed E-state index contributed by atoms with van der Waals surface area (Å²) in [5, 5.41) is 7.57. The molecule has 1 N–H and O–H groups in total. The molecule has 0 saturated heterocycles. The summed E-state index contributed by atoms with van der Waals surface area (Å²) in [5.74, 6) is -0.237. The maximum Gasteiger partial charge on any atom is 0.124 e. The van der Waals surface area contributed by atoms with E-state index in [1.807, 2.05) is 0 Å². The van der Waals surface area contributed by atoms with Crippen molar-refractivity contribution >= 4 is 44.3 Å². The predicted octanol–water partition coefficient (Wildman–Crippen LogP) is 5.99. The van der Waals surface area contributed by atoms with Crippen LogP contribution >= 0.6 is 38.6 Å². The van der Waals surface area contributed by atoms with E-state index < -0.39 is 0 Å². The molecular formula is C15H11BrFNS2. The number of hydrogen-bond donors (Lipinski definition) is 1. The number of hydrogen-bond acceptors (Lipinski definition) is 3. The van der Waals surface area contributed by atoms with E-state index in [2.05, 4.69) is 50.2 Å². The Kier molecular flexibility index (Phi) is 4.19. The highest BCUT2D eigenvalue weighted by Gasteiger charge is 2.05. The first-order valence-corrected chi connectivity index (χ1v) is 8.58. The van der Waals surface area contributed by atoms with Crippen molar-refractivity contribution < 1.29 is 4.39 Å². The third-order valence-electron chi connectivity index (χ3n) is 2.84. The predicted molar refractivity (Wildman–Crippen MR) is 89.1 cm³/mol. The Bertz CT molecular complexity index is 706. The molecule has 0 aliphatic rings. The van der Waals surface area contributed by atoms with E-state index in [1.165, 1.54) is 27.5 Å². The van der Waals surface area contributed by atoms with Gasteiger partial charge in [-0.2, -0.15) is 0 Å². The number of anilines is 1. The Balaban J connectivity index is 1.70. The fourth-order valence-electron chi connectivity index (χ4n) is 1.86. The second-order valence-electron chi connectivity index (χ2n) is 4.26. The third-order valence-corrected chi connectivity index (χ3v) is 5.36. The summed E-state index contributed by atoms with van der Waals surface area (Å²) in [6.07, 6.45) is 0. The first-order chi connectivity index (χ1) is 9.72. The lowest BCUT2D eigenvalue weighted by Crippen LogP contribution is -1.98. The normalized spacial score (nSPS) is 10.7. The van der Waals surface area contributed by atoms with Crippen molar-refractivity contribution in [1.29, 1.82) is 0 Å². The van der Waals surface area contributed by atoms with Gasteiger partial charge in [-0.15, -0.1) is 22.7 Å². The minimum absolute atomic E-state index is 0.237. The molecule has 0 fully saturated rings. The fraction of sp³-hybridized carbons (Fsp3) is 0.0667. The summed E-state index contributed by atoms with van der Waals surface area (Å²) in [6.45, 7) is 0.736. The van der Waals surface area contributed by atoms with Gasteiger partial charge in [-0.3, -0.25) is 0 Å². The fourth-order valence-corrected chi connectivity index (χ4v) is 3.96. The maximum absolute atomic E-state index is 13.0. The van der Waals surface area contributed by atoms with E-state index in [0.717, 1.165) is 16.7 Å². The van der Waals surface area contributed by atoms with Crippen molar-refractivity contribution in [2.24, 2.45) is 0 Å². The zero-order valence-corrected chi connectivity index (χ0v) is 13.6. The summed E-state index contributed by atoms with van der Waals surface area (Å²) in [5.41, 5.74) is 2.16. The number of benzene rings is 1. The highest BCUT2D eigenvalue weighted by molar-refractivity contribution is 9.10. The minimum Gasteiger partial charge on any atom is -0.379 e. The third kappa shape index (κ3) is 3.11. The second kappa shape index (κ2) is 6.08. The molecule has 0 radical (unpaired) electrons. The van der Waals surface area contributed by atoms with Gasteiger partial charge in [-0.25, -0.2) is 4.39 Å². The summed E-state index contributed by atoms with van der Waals surface area (Å²) >= 11 is 6.84. The Morgan fingerprint density at radius 1 is 1.15 bits per heavy atom. The lowest BCUT2D eigenvalue weighted by molar-refractivity contribution is 0.627. The second-order valence-corrected chi connectivity index (χ2v) is 7.05. The smallest absolute Gasteiger partial charge is 0.124 e. The largest absolute Gasteiger partial charge is 0.379 e. The van der Waals surface area contributed by atoms with Crippen LogP contribution in [-0.4, -0.2) is 0 Å². The van der Waals surface area contributed by atoms with Crippen LogP contribution in [0.3, 0.4) is 0 Å². The topological polar surface area (TPSA) is 12.0 Å². The first kappa shape index (κ1) is 13.8. The lowest BCUT2D eigenvalue weighted by Gasteiger charge is -2.07. The maximum atomic E-state index is 13.0. The van der Waals surface area contributed by atoms with Gasteiger partial charge in [-0.05, 0) is 57.0 Å². The summed E-state index contributed by atoms with van der Waals surface area (Å²) in [6, 6.07) is 11.0. The van der Waals surface area contributed by atoms with Crippen molar-refractivity contribution in [1.82, 2.24) is 0 Å². The summed E-state index contributed by atoms with van der Waals surface area (Å²) in [7, 11) is 0. The molecule has 0 bridgehead atoms. The van der Waals surface area contributed by atoms with Gasteiger partial charge in [0.15, 0.2) is 0 Å². The number of nitrogens with one attached hydrogen (secondary N) is 1. The highest BCUT2D eigenvalue weighted by atomic mass is 79.9. The molecule has 0 atom stereocenters. The van der Waals surface area contributed by atoms with Crippen LogP contribution < -0.4 is 5.32 Å². The van der Waals surface area contributed by atoms with Gasteiger partial charge in [0.1, 0.15) is 5.82 Å². The van der Waals surface area contributed by atoms with E-state index >= 15 is 0 Å². The van der Waals surface area contributed by atoms with Crippen LogP contribution in [0.2, 0.25) is 0 Å². The molecule has 1 nitrogen and oxygen atoms in total. The van der Waals surface area contributed by atoms with Gasteiger partial charge < -0.3 is 5.32 Å². The van der Waals surface area contributed by atoms with Crippen LogP contribution in [0, 0.1) is 5.82 Å². The van der Waals surface area contributed by atoms with E-state index in [4.69, 9.17) is 0 Å². The average molecular weight is 368 g/mol.